The molecule has 1 unspecified atom stereocenters. The number of hydrogen-bond donors (Lipinski definition) is 0. The third kappa shape index (κ3) is 4.58. The second-order valence-electron chi connectivity index (χ2n) is 3.91. The molecule has 0 aromatic heterocycles. The highest BCUT2D eigenvalue weighted by Gasteiger charge is 2.23. The molecule has 1 atom stereocenters. The number of ether oxygens (including phenoxy) is 1. The Morgan fingerprint density at radius 2 is 2.11 bits per heavy atom. The van der Waals surface area contributed by atoms with Gasteiger partial charge >= 0.3 is 0 Å². The Bertz CT molecular complexity index is 539. The highest BCUT2D eigenvalue weighted by Crippen LogP contribution is 2.26. The molecule has 108 valence electrons. The van der Waals surface area contributed by atoms with Gasteiger partial charge in [-0.15, -0.1) is 11.6 Å². The van der Waals surface area contributed by atoms with Gasteiger partial charge in [0, 0.05) is 25.2 Å². The summed E-state index contributed by atoms with van der Waals surface area (Å²) >= 11 is 15.0. The quantitative estimate of drug-likeness (QED) is 0.701. The van der Waals surface area contributed by atoms with Crippen LogP contribution >= 0.6 is 39.1 Å². The van der Waals surface area contributed by atoms with Crippen molar-refractivity contribution in [1.82, 2.24) is 4.31 Å². The number of alkyl halides is 1. The Kier molecular flexibility index (Phi) is 6.56. The molecule has 1 aromatic rings. The smallest absolute Gasteiger partial charge is 0.242 e. The summed E-state index contributed by atoms with van der Waals surface area (Å²) in [6, 6.07) is 4.45. The van der Waals surface area contributed by atoms with E-state index in [2.05, 4.69) is 15.9 Å². The van der Waals surface area contributed by atoms with Crippen LogP contribution < -0.4 is 0 Å². The Labute approximate surface area is 131 Å². The zero-order valence-corrected chi connectivity index (χ0v) is 14.4. The summed E-state index contributed by atoms with van der Waals surface area (Å²) in [4.78, 5) is 0.160. The van der Waals surface area contributed by atoms with Crippen LogP contribution in [0, 0.1) is 0 Å². The second kappa shape index (κ2) is 7.24. The Balaban J connectivity index is 2.93. The third-order valence-corrected chi connectivity index (χ3v) is 5.70. The number of benzene rings is 1. The van der Waals surface area contributed by atoms with Crippen LogP contribution in [0.1, 0.15) is 0 Å². The van der Waals surface area contributed by atoms with E-state index >= 15 is 0 Å². The van der Waals surface area contributed by atoms with E-state index in [-0.39, 0.29) is 18.0 Å². The van der Waals surface area contributed by atoms with Gasteiger partial charge in [-0.1, -0.05) is 11.6 Å². The molecule has 0 saturated heterocycles. The second-order valence-corrected chi connectivity index (χ2v) is 7.84. The highest BCUT2D eigenvalue weighted by molar-refractivity contribution is 9.10. The van der Waals surface area contributed by atoms with Crippen molar-refractivity contribution in [2.45, 2.75) is 10.3 Å². The minimum Gasteiger partial charge on any atom is -0.383 e. The fraction of sp³-hybridized carbons (Fsp3) is 0.455. The molecule has 1 rings (SSSR count). The maximum atomic E-state index is 12.3. The van der Waals surface area contributed by atoms with Crippen LogP contribution in [0.25, 0.3) is 0 Å². The fourth-order valence-corrected chi connectivity index (χ4v) is 3.73. The summed E-state index contributed by atoms with van der Waals surface area (Å²) in [7, 11) is -0.598. The van der Waals surface area contributed by atoms with E-state index < -0.39 is 15.4 Å². The summed E-state index contributed by atoms with van der Waals surface area (Å²) in [5.41, 5.74) is 0. The van der Waals surface area contributed by atoms with Gasteiger partial charge < -0.3 is 4.74 Å². The van der Waals surface area contributed by atoms with Crippen LogP contribution in [0.3, 0.4) is 0 Å². The lowest BCUT2D eigenvalue weighted by Crippen LogP contribution is -2.34. The van der Waals surface area contributed by atoms with Crippen LogP contribution in [0.4, 0.5) is 0 Å². The van der Waals surface area contributed by atoms with Gasteiger partial charge in [0.2, 0.25) is 10.0 Å². The monoisotopic (exact) mass is 389 g/mol. The molecule has 0 amide bonds. The first-order chi connectivity index (χ1) is 8.78. The van der Waals surface area contributed by atoms with Gasteiger partial charge in [0.15, 0.2) is 0 Å². The molecule has 0 spiro atoms. The highest BCUT2D eigenvalue weighted by atomic mass is 79.9. The van der Waals surface area contributed by atoms with Gasteiger partial charge in [0.05, 0.1) is 21.9 Å². The number of methoxy groups -OCH3 is 1. The normalized spacial score (nSPS) is 13.8. The SMILES string of the molecule is COCC(Cl)CN(C)S(=O)(=O)c1ccc(Cl)c(Br)c1. The zero-order chi connectivity index (χ0) is 14.6. The molecule has 0 aliphatic heterocycles. The van der Waals surface area contributed by atoms with Crippen LogP contribution in [0.2, 0.25) is 5.02 Å². The van der Waals surface area contributed by atoms with Crippen molar-refractivity contribution in [2.24, 2.45) is 0 Å². The molecule has 0 bridgehead atoms. The predicted octanol–water partition coefficient (Wildman–Crippen LogP) is 2.98. The fourth-order valence-electron chi connectivity index (χ4n) is 1.43. The molecule has 19 heavy (non-hydrogen) atoms. The minimum atomic E-state index is -3.59. The van der Waals surface area contributed by atoms with E-state index in [0.29, 0.717) is 9.50 Å². The lowest BCUT2D eigenvalue weighted by atomic mass is 10.4. The first kappa shape index (κ1) is 17.2. The van der Waals surface area contributed by atoms with Crippen LogP contribution in [-0.2, 0) is 14.8 Å². The van der Waals surface area contributed by atoms with Gasteiger partial charge in [0.25, 0.3) is 0 Å². The van der Waals surface area contributed by atoms with Gasteiger partial charge in [-0.05, 0) is 34.1 Å². The summed E-state index contributed by atoms with van der Waals surface area (Å²) in [5.74, 6) is 0. The van der Waals surface area contributed by atoms with E-state index in [9.17, 15) is 8.42 Å². The topological polar surface area (TPSA) is 46.6 Å². The Hall–Kier alpha value is 0.150. The van der Waals surface area contributed by atoms with Crippen molar-refractivity contribution < 1.29 is 13.2 Å². The molecule has 1 aromatic carbocycles. The van der Waals surface area contributed by atoms with Crippen LogP contribution in [-0.4, -0.2) is 45.4 Å². The maximum absolute atomic E-state index is 12.3. The largest absolute Gasteiger partial charge is 0.383 e. The van der Waals surface area contributed by atoms with E-state index in [4.69, 9.17) is 27.9 Å². The lowest BCUT2D eigenvalue weighted by molar-refractivity contribution is 0.192. The van der Waals surface area contributed by atoms with Gasteiger partial charge in [-0.3, -0.25) is 0 Å². The molecule has 4 nitrogen and oxygen atoms in total. The van der Waals surface area contributed by atoms with E-state index in [1.807, 2.05) is 0 Å². The molecule has 0 fully saturated rings. The van der Waals surface area contributed by atoms with Crippen LogP contribution in [0.5, 0.6) is 0 Å². The number of hydrogen-bond acceptors (Lipinski definition) is 3. The average Bonchev–Trinajstić information content (AvgIpc) is 2.32. The molecule has 0 heterocycles. The van der Waals surface area contributed by atoms with Crippen molar-refractivity contribution >= 4 is 49.2 Å². The molecule has 0 aliphatic rings. The summed E-state index contributed by atoms with van der Waals surface area (Å²) < 4.78 is 31.2. The Morgan fingerprint density at radius 3 is 2.63 bits per heavy atom. The standard InChI is InChI=1S/C11H14BrCl2NO3S/c1-15(6-8(13)7-18-2)19(16,17)9-3-4-11(14)10(12)5-9/h3-5,8H,6-7H2,1-2H3. The number of halogens is 3. The maximum Gasteiger partial charge on any atom is 0.242 e. The number of rotatable bonds is 6. The van der Waals surface area contributed by atoms with Crippen molar-refractivity contribution in [3.05, 3.63) is 27.7 Å². The predicted molar refractivity (Wildman–Crippen MR) is 80.5 cm³/mol. The molecule has 0 aliphatic carbocycles. The first-order valence-corrected chi connectivity index (χ1v) is 8.38. The zero-order valence-electron chi connectivity index (χ0n) is 10.4. The first-order valence-electron chi connectivity index (χ1n) is 5.33. The molecule has 0 N–H and O–H groups in total. The molecular formula is C11H14BrCl2NO3S. The number of nitrogens with zero attached hydrogens (tertiary/aromatic N) is 1. The van der Waals surface area contributed by atoms with Crippen molar-refractivity contribution in [1.29, 1.82) is 0 Å². The average molecular weight is 391 g/mol. The van der Waals surface area contributed by atoms with Crippen molar-refractivity contribution in [3.63, 3.8) is 0 Å². The van der Waals surface area contributed by atoms with Crippen molar-refractivity contribution in [2.75, 3.05) is 27.3 Å². The summed E-state index contributed by atoms with van der Waals surface area (Å²) in [5, 5.41) is 0.0525. The molecule has 0 radical (unpaired) electrons. The molecule has 8 heteroatoms. The summed E-state index contributed by atoms with van der Waals surface area (Å²) in [6.45, 7) is 0.448. The van der Waals surface area contributed by atoms with E-state index in [0.717, 1.165) is 0 Å². The van der Waals surface area contributed by atoms with Crippen molar-refractivity contribution in [3.8, 4) is 0 Å². The lowest BCUT2D eigenvalue weighted by Gasteiger charge is -2.20. The van der Waals surface area contributed by atoms with Gasteiger partial charge in [-0.2, -0.15) is 4.31 Å². The van der Waals surface area contributed by atoms with Gasteiger partial charge in [-0.25, -0.2) is 8.42 Å². The van der Waals surface area contributed by atoms with Gasteiger partial charge in [0.1, 0.15) is 0 Å². The minimum absolute atomic E-state index is 0.160. The number of sulfonamides is 1. The Morgan fingerprint density at radius 1 is 1.47 bits per heavy atom. The third-order valence-electron chi connectivity index (χ3n) is 2.40. The van der Waals surface area contributed by atoms with E-state index in [1.54, 1.807) is 0 Å². The molecule has 0 saturated carbocycles. The van der Waals surface area contributed by atoms with E-state index in [1.165, 1.54) is 36.7 Å². The summed E-state index contributed by atoms with van der Waals surface area (Å²) in [6.07, 6.45) is 0. The molecular weight excluding hydrogens is 377 g/mol. The van der Waals surface area contributed by atoms with Crippen LogP contribution in [0.15, 0.2) is 27.6 Å².